The molecule has 1 aliphatic heterocycles. The molecule has 2 aromatic rings. The molecule has 0 unspecified atom stereocenters. The van der Waals surface area contributed by atoms with Crippen molar-refractivity contribution in [2.45, 2.75) is 19.4 Å². The Morgan fingerprint density at radius 2 is 2.00 bits per heavy atom. The van der Waals surface area contributed by atoms with Crippen molar-refractivity contribution in [2.75, 3.05) is 44.1 Å². The van der Waals surface area contributed by atoms with Crippen LogP contribution in [0.3, 0.4) is 0 Å². The minimum absolute atomic E-state index is 0.179. The van der Waals surface area contributed by atoms with Crippen molar-refractivity contribution >= 4 is 29.4 Å². The molecule has 0 radical (unpaired) electrons. The van der Waals surface area contributed by atoms with Crippen LogP contribution < -0.4 is 19.9 Å². The van der Waals surface area contributed by atoms with Crippen molar-refractivity contribution in [3.63, 3.8) is 0 Å². The van der Waals surface area contributed by atoms with Crippen molar-refractivity contribution < 1.29 is 9.53 Å². The quantitative estimate of drug-likeness (QED) is 0.808. The van der Waals surface area contributed by atoms with Crippen molar-refractivity contribution in [1.82, 2.24) is 20.3 Å². The summed E-state index contributed by atoms with van der Waals surface area (Å²) in [4.78, 5) is 30.0. The van der Waals surface area contributed by atoms with E-state index < -0.39 is 0 Å². The number of halogens is 1. The third-order valence-corrected chi connectivity index (χ3v) is 4.50. The first kappa shape index (κ1) is 19.2. The lowest BCUT2D eigenvalue weighted by molar-refractivity contribution is 0.0947. The molecule has 144 valence electrons. The van der Waals surface area contributed by atoms with E-state index in [9.17, 15) is 4.79 Å². The summed E-state index contributed by atoms with van der Waals surface area (Å²) in [7, 11) is 5.27. The molecule has 0 aliphatic carbocycles. The zero-order chi connectivity index (χ0) is 19.4. The Hall–Kier alpha value is -2.61. The molecule has 27 heavy (non-hydrogen) atoms. The molecule has 3 rings (SSSR count). The summed E-state index contributed by atoms with van der Waals surface area (Å²) < 4.78 is 5.24. The van der Waals surface area contributed by atoms with Crippen molar-refractivity contribution in [3.05, 3.63) is 34.6 Å². The third kappa shape index (κ3) is 4.57. The number of carbonyl (C=O) groups excluding carboxylic acids is 1. The van der Waals surface area contributed by atoms with Crippen molar-refractivity contribution in [3.8, 4) is 5.75 Å². The van der Waals surface area contributed by atoms with Crippen LogP contribution in [0.5, 0.6) is 5.75 Å². The van der Waals surface area contributed by atoms with Crippen LogP contribution >= 0.6 is 11.6 Å². The van der Waals surface area contributed by atoms with E-state index in [1.54, 1.807) is 18.2 Å². The van der Waals surface area contributed by atoms with Gasteiger partial charge in [0.15, 0.2) is 5.82 Å². The molecule has 1 N–H and O–H groups in total. The smallest absolute Gasteiger partial charge is 0.255 e. The fraction of sp³-hybridized carbons (Fsp3) is 0.444. The molecule has 1 aromatic carbocycles. The number of rotatable bonds is 6. The Kier molecular flexibility index (Phi) is 5.95. The van der Waals surface area contributed by atoms with Crippen LogP contribution in [0.2, 0.25) is 5.02 Å². The predicted molar refractivity (Wildman–Crippen MR) is 105 cm³/mol. The monoisotopic (exact) mass is 390 g/mol. The normalized spacial score (nSPS) is 13.6. The van der Waals surface area contributed by atoms with Crippen LogP contribution in [0.15, 0.2) is 18.2 Å². The van der Waals surface area contributed by atoms with E-state index in [0.717, 1.165) is 25.9 Å². The summed E-state index contributed by atoms with van der Waals surface area (Å²) in [5, 5.41) is 3.30. The summed E-state index contributed by atoms with van der Waals surface area (Å²) in [6, 6.07) is 4.91. The maximum atomic E-state index is 12.6. The molecule has 1 saturated heterocycles. The van der Waals surface area contributed by atoms with Crippen molar-refractivity contribution in [2.24, 2.45) is 0 Å². The molecule has 1 aliphatic rings. The highest BCUT2D eigenvalue weighted by atomic mass is 35.5. The molecule has 8 nitrogen and oxygen atoms in total. The Balaban J connectivity index is 1.79. The maximum Gasteiger partial charge on any atom is 0.255 e. The molecule has 0 bridgehead atoms. The van der Waals surface area contributed by atoms with Gasteiger partial charge in [-0.1, -0.05) is 11.6 Å². The highest BCUT2D eigenvalue weighted by molar-refractivity contribution is 6.31. The molecular formula is C18H23ClN6O2. The van der Waals surface area contributed by atoms with Crippen LogP contribution in [0.25, 0.3) is 0 Å². The Bertz CT molecular complexity index is 823. The third-order valence-electron chi connectivity index (χ3n) is 4.26. The van der Waals surface area contributed by atoms with E-state index in [-0.39, 0.29) is 12.5 Å². The summed E-state index contributed by atoms with van der Waals surface area (Å²) in [6.45, 7) is 2.05. The molecular weight excluding hydrogens is 368 g/mol. The number of carbonyl (C=O) groups is 1. The molecule has 1 amide bonds. The fourth-order valence-electron chi connectivity index (χ4n) is 2.85. The number of hydrogen-bond acceptors (Lipinski definition) is 7. The van der Waals surface area contributed by atoms with Crippen LogP contribution in [0, 0.1) is 0 Å². The minimum Gasteiger partial charge on any atom is -0.496 e. The van der Waals surface area contributed by atoms with Crippen LogP contribution in [-0.2, 0) is 6.54 Å². The van der Waals surface area contributed by atoms with Gasteiger partial charge < -0.3 is 19.9 Å². The molecule has 0 saturated carbocycles. The highest BCUT2D eigenvalue weighted by Crippen LogP contribution is 2.23. The van der Waals surface area contributed by atoms with Gasteiger partial charge in [0.2, 0.25) is 11.9 Å². The number of ether oxygens (including phenoxy) is 1. The summed E-state index contributed by atoms with van der Waals surface area (Å²) in [5.74, 6) is 1.88. The summed E-state index contributed by atoms with van der Waals surface area (Å²) in [6.07, 6.45) is 2.26. The van der Waals surface area contributed by atoms with Gasteiger partial charge >= 0.3 is 0 Å². The maximum absolute atomic E-state index is 12.6. The second kappa shape index (κ2) is 8.39. The van der Waals surface area contributed by atoms with Gasteiger partial charge in [-0.2, -0.15) is 15.0 Å². The molecule has 0 spiro atoms. The largest absolute Gasteiger partial charge is 0.496 e. The molecule has 9 heteroatoms. The molecule has 1 fully saturated rings. The highest BCUT2D eigenvalue weighted by Gasteiger charge is 2.19. The first-order valence-corrected chi connectivity index (χ1v) is 9.14. The Labute approximate surface area is 163 Å². The average molecular weight is 391 g/mol. The molecule has 1 aromatic heterocycles. The zero-order valence-electron chi connectivity index (χ0n) is 15.7. The van der Waals surface area contributed by atoms with E-state index in [1.807, 2.05) is 19.0 Å². The SMILES string of the molecule is COc1ccc(Cl)cc1C(=O)NCc1nc(N(C)C)nc(N2CCCC2)n1. The number of methoxy groups -OCH3 is 1. The average Bonchev–Trinajstić information content (AvgIpc) is 3.20. The van der Waals surface area contributed by atoms with Gasteiger partial charge in [-0.25, -0.2) is 0 Å². The van der Waals surface area contributed by atoms with Crippen LogP contribution in [-0.4, -0.2) is 55.2 Å². The standard InChI is InChI=1S/C18H23ClN6O2/c1-24(2)17-21-15(22-18(23-17)25-8-4-5-9-25)11-20-16(26)13-10-12(19)6-7-14(13)27-3/h6-7,10H,4-5,8-9,11H2,1-3H3,(H,20,26). The van der Waals surface area contributed by atoms with Gasteiger partial charge in [0.25, 0.3) is 5.91 Å². The van der Waals surface area contributed by atoms with Gasteiger partial charge in [-0.3, -0.25) is 4.79 Å². The first-order chi connectivity index (χ1) is 13.0. The van der Waals surface area contributed by atoms with Gasteiger partial charge in [0, 0.05) is 32.2 Å². The number of amides is 1. The van der Waals surface area contributed by atoms with Gasteiger partial charge in [-0.05, 0) is 31.0 Å². The van der Waals surface area contributed by atoms with E-state index >= 15 is 0 Å². The minimum atomic E-state index is -0.302. The van der Waals surface area contributed by atoms with Gasteiger partial charge in [-0.15, -0.1) is 0 Å². The number of benzene rings is 1. The van der Waals surface area contributed by atoms with Crippen LogP contribution in [0.1, 0.15) is 29.0 Å². The lowest BCUT2D eigenvalue weighted by Crippen LogP contribution is -2.27. The number of hydrogen-bond donors (Lipinski definition) is 1. The number of aromatic nitrogens is 3. The Morgan fingerprint density at radius 1 is 1.26 bits per heavy atom. The lowest BCUT2D eigenvalue weighted by atomic mass is 10.2. The first-order valence-electron chi connectivity index (χ1n) is 8.77. The van der Waals surface area contributed by atoms with Crippen molar-refractivity contribution in [1.29, 1.82) is 0 Å². The predicted octanol–water partition coefficient (Wildman–Crippen LogP) is 2.13. The van der Waals surface area contributed by atoms with E-state index in [2.05, 4.69) is 25.2 Å². The second-order valence-corrected chi connectivity index (χ2v) is 6.90. The molecule has 2 heterocycles. The van der Waals surface area contributed by atoms with Crippen LogP contribution in [0.4, 0.5) is 11.9 Å². The zero-order valence-corrected chi connectivity index (χ0v) is 16.5. The topological polar surface area (TPSA) is 83.5 Å². The van der Waals surface area contributed by atoms with E-state index in [1.165, 1.54) is 7.11 Å². The number of nitrogens with one attached hydrogen (secondary N) is 1. The summed E-state index contributed by atoms with van der Waals surface area (Å²) in [5.41, 5.74) is 0.367. The fourth-order valence-corrected chi connectivity index (χ4v) is 3.02. The number of nitrogens with zero attached hydrogens (tertiary/aromatic N) is 5. The van der Waals surface area contributed by atoms with E-state index in [4.69, 9.17) is 16.3 Å². The summed E-state index contributed by atoms with van der Waals surface area (Å²) >= 11 is 6.00. The van der Waals surface area contributed by atoms with Gasteiger partial charge in [0.1, 0.15) is 5.75 Å². The Morgan fingerprint density at radius 3 is 2.67 bits per heavy atom. The number of anilines is 2. The van der Waals surface area contributed by atoms with E-state index in [0.29, 0.717) is 34.1 Å². The lowest BCUT2D eigenvalue weighted by Gasteiger charge is -2.19. The molecule has 0 atom stereocenters. The second-order valence-electron chi connectivity index (χ2n) is 6.47. The van der Waals surface area contributed by atoms with Gasteiger partial charge in [0.05, 0.1) is 19.2 Å².